The first-order valence-corrected chi connectivity index (χ1v) is 34.0. The van der Waals surface area contributed by atoms with Crippen molar-refractivity contribution in [1.29, 1.82) is 0 Å². The number of rotatable bonds is 4. The summed E-state index contributed by atoms with van der Waals surface area (Å²) in [7, 11) is 0. The first kappa shape index (κ1) is 16.2. The van der Waals surface area contributed by atoms with E-state index in [4.69, 9.17) is 0 Å². The van der Waals surface area contributed by atoms with Gasteiger partial charge >= 0.3 is 135 Å². The molecule has 0 aliphatic carbocycles. The van der Waals surface area contributed by atoms with Crippen molar-refractivity contribution < 1.29 is 84.4 Å². The normalized spacial score (nSPS) is 13.9. The summed E-state index contributed by atoms with van der Waals surface area (Å²) in [5.74, 6) is 2.03. The average molecular weight is 494 g/mol. The van der Waals surface area contributed by atoms with Gasteiger partial charge in [0.15, 0.2) is 0 Å². The van der Waals surface area contributed by atoms with E-state index in [0.29, 0.717) is 0 Å². The Morgan fingerprint density at radius 2 is 1.14 bits per heavy atom. The molecule has 0 nitrogen and oxygen atoms in total. The zero-order valence-corrected chi connectivity index (χ0v) is 21.2. The van der Waals surface area contributed by atoms with Crippen LogP contribution in [0.2, 0.25) is 0 Å². The SMILES string of the molecule is CC(C)C[C]1=[Y][Y]=[C](CC(C)C)[Y]=[Y]1. The molecule has 0 saturated heterocycles. The molecule has 0 N–H and O–H groups in total. The Kier molecular flexibility index (Phi) is 10.6. The first-order valence-electron chi connectivity index (χ1n) is 5.65. The fraction of sp³-hybridized carbons (Fsp3) is 0.800. The van der Waals surface area contributed by atoms with Gasteiger partial charge in [0.1, 0.15) is 0 Å². The van der Waals surface area contributed by atoms with Crippen LogP contribution in [0.4, 0.5) is 0 Å². The quantitative estimate of drug-likeness (QED) is 0.565. The summed E-state index contributed by atoms with van der Waals surface area (Å²) in [6.45, 7) is 9.75. The van der Waals surface area contributed by atoms with Gasteiger partial charge in [0.05, 0.1) is 0 Å². The summed E-state index contributed by atoms with van der Waals surface area (Å²) in [5, 5.41) is 0. The van der Waals surface area contributed by atoms with Crippen molar-refractivity contribution in [3.8, 4) is 0 Å². The molecule has 0 aromatic carbocycles. The molecule has 0 unspecified atom stereocenters. The average Bonchev–Trinajstić information content (AvgIpc) is 2.06. The predicted octanol–water partition coefficient (Wildman–Crippen LogP) is 2.51. The van der Waals surface area contributed by atoms with E-state index in [1.54, 1.807) is 12.8 Å². The molecular weight excluding hydrogens is 476 g/mol. The fourth-order valence-corrected chi connectivity index (χ4v) is 199. The summed E-state index contributed by atoms with van der Waals surface area (Å²) >= 11 is 0.167. The van der Waals surface area contributed by atoms with Gasteiger partial charge in [-0.25, -0.2) is 0 Å². The van der Waals surface area contributed by atoms with Gasteiger partial charge < -0.3 is 0 Å². The molecule has 1 heterocycles. The number of hydrogen-bond donors (Lipinski definition) is 0. The van der Waals surface area contributed by atoms with Gasteiger partial charge in [-0.1, -0.05) is 0 Å². The summed E-state index contributed by atoms with van der Waals surface area (Å²) in [4.78, 5) is 0. The topological polar surface area (TPSA) is 0 Å². The molecule has 0 fully saturated rings. The molecule has 0 amide bonds. The van der Waals surface area contributed by atoms with Crippen molar-refractivity contribution in [3.05, 3.63) is 0 Å². The Hall–Kier alpha value is 4.16. The van der Waals surface area contributed by atoms with Gasteiger partial charge in [-0.15, -0.1) is 0 Å². The van der Waals surface area contributed by atoms with Crippen LogP contribution in [-0.4, -0.2) is -1.78 Å². The minimum absolute atomic E-state index is 0.0418. The van der Waals surface area contributed by atoms with Crippen LogP contribution < -0.4 is 0 Å². The van der Waals surface area contributed by atoms with E-state index in [1.807, 2.05) is 0 Å². The molecule has 0 bridgehead atoms. The Balaban J connectivity index is 2.53. The summed E-state index contributed by atoms with van der Waals surface area (Å²) in [6, 6.07) is 0. The van der Waals surface area contributed by atoms with E-state index < -0.39 is 0 Å². The predicted molar refractivity (Wildman–Crippen MR) is 48.9 cm³/mol. The monoisotopic (exact) mass is 494 g/mol. The Morgan fingerprint density at radius 3 is 1.36 bits per heavy atom. The maximum atomic E-state index is 2.44. The third-order valence-electron chi connectivity index (χ3n) is 2.31. The molecule has 1 rings (SSSR count). The van der Waals surface area contributed by atoms with Crippen molar-refractivity contribution >= 4 is -1.78 Å². The van der Waals surface area contributed by atoms with Gasteiger partial charge in [-0.3, -0.25) is 0 Å². The third kappa shape index (κ3) is 7.56. The second-order valence-electron chi connectivity index (χ2n) is 5.01. The van der Waals surface area contributed by atoms with E-state index in [-0.39, 0.29) is 84.4 Å². The van der Waals surface area contributed by atoms with Crippen LogP contribution in [0.25, 0.3) is 0 Å². The number of hydrogen-bond acceptors (Lipinski definition) is 0. The molecule has 70 valence electrons. The van der Waals surface area contributed by atoms with Gasteiger partial charge in [-0.05, 0) is 0 Å². The van der Waals surface area contributed by atoms with Crippen molar-refractivity contribution in [3.63, 3.8) is 0 Å². The van der Waals surface area contributed by atoms with Crippen LogP contribution in [0.15, 0.2) is 0 Å². The zero-order valence-electron chi connectivity index (χ0n) is 9.88. The maximum absolute atomic E-state index is 2.44. The second-order valence-corrected chi connectivity index (χ2v) is 43.0. The van der Waals surface area contributed by atoms with Crippen molar-refractivity contribution in [2.45, 2.75) is 40.5 Å². The van der Waals surface area contributed by atoms with E-state index in [9.17, 15) is 0 Å². The molecule has 0 radical (unpaired) electrons. The molecule has 0 saturated carbocycles. The molecular formula is C10H18Y4. The van der Waals surface area contributed by atoms with E-state index in [2.05, 4.69) is 25.9 Å². The summed E-state index contributed by atoms with van der Waals surface area (Å²) in [6.07, 6.45) is 3.27. The van der Waals surface area contributed by atoms with E-state index in [1.165, 1.54) is 0 Å². The first-order chi connectivity index (χ1) is 6.58. The van der Waals surface area contributed by atoms with Crippen LogP contribution in [0, 0.1) is 11.8 Å². The second kappa shape index (κ2) is 9.12. The third-order valence-corrected chi connectivity index (χ3v) is 106. The molecule has 1 aliphatic heterocycles. The zero-order chi connectivity index (χ0) is 10.6. The molecule has 0 aromatic rings. The fourth-order valence-electron chi connectivity index (χ4n) is 1.75. The molecule has 0 spiro atoms. The van der Waals surface area contributed by atoms with Crippen LogP contribution in [0.1, 0.15) is 40.5 Å². The Bertz CT molecular complexity index is 246. The molecule has 0 atom stereocenters. The summed E-state index contributed by atoms with van der Waals surface area (Å²) in [5.41, 5.74) is 0. The van der Waals surface area contributed by atoms with Crippen molar-refractivity contribution in [1.82, 2.24) is 0 Å². The van der Waals surface area contributed by atoms with Crippen molar-refractivity contribution in [2.75, 3.05) is 0 Å². The van der Waals surface area contributed by atoms with Crippen LogP contribution in [-0.2, 0) is 84.4 Å². The molecule has 1 aliphatic rings. The van der Waals surface area contributed by atoms with Crippen LogP contribution in [0.3, 0.4) is 0 Å². The van der Waals surface area contributed by atoms with Crippen LogP contribution >= 0.6 is 0 Å². The molecule has 4 heteroatoms. The summed E-state index contributed by atoms with van der Waals surface area (Å²) < 4.78 is 4.75. The van der Waals surface area contributed by atoms with Gasteiger partial charge in [-0.2, -0.15) is 0 Å². The van der Waals surface area contributed by atoms with E-state index in [0.717, 1.165) is 11.8 Å². The van der Waals surface area contributed by atoms with Crippen LogP contribution in [0.5, 0.6) is 0 Å². The Labute approximate surface area is 130 Å². The molecule has 0 aromatic heterocycles. The minimum atomic E-state index is 0.0418. The van der Waals surface area contributed by atoms with Gasteiger partial charge in [0, 0.05) is 0 Å². The Morgan fingerprint density at radius 1 is 0.786 bits per heavy atom. The van der Waals surface area contributed by atoms with Gasteiger partial charge in [0.25, 0.3) is 0 Å². The van der Waals surface area contributed by atoms with E-state index >= 15 is 0 Å². The van der Waals surface area contributed by atoms with Crippen molar-refractivity contribution in [2.24, 2.45) is 11.8 Å². The van der Waals surface area contributed by atoms with Gasteiger partial charge in [0.2, 0.25) is 0 Å². The standard InChI is InChI=1S/2C5H9.4Y/c2*1-4-5(2)3;;;;/h2*5H,4H2,2-3H3;;;;. The molecule has 14 heavy (non-hydrogen) atoms.